The molecule has 0 aliphatic rings. The lowest BCUT2D eigenvalue weighted by atomic mass is 9.87. The molecule has 0 saturated heterocycles. The van der Waals surface area contributed by atoms with Crippen LogP contribution in [0.25, 0.3) is 0 Å². The van der Waals surface area contributed by atoms with Crippen LogP contribution in [0, 0.1) is 5.41 Å². The molecular formula is C14H25NOS. The topological polar surface area (TPSA) is 23.5 Å². The number of hydrogen-bond donors (Lipinski definition) is 1. The number of aliphatic hydroxyl groups is 1. The van der Waals surface area contributed by atoms with Crippen LogP contribution < -0.4 is 0 Å². The Morgan fingerprint density at radius 3 is 2.59 bits per heavy atom. The van der Waals surface area contributed by atoms with Gasteiger partial charge < -0.3 is 5.11 Å². The first-order valence-electron chi connectivity index (χ1n) is 6.38. The molecular weight excluding hydrogens is 230 g/mol. The molecule has 0 bridgehead atoms. The Morgan fingerprint density at radius 2 is 2.18 bits per heavy atom. The van der Waals surface area contributed by atoms with Crippen molar-refractivity contribution in [3.63, 3.8) is 0 Å². The van der Waals surface area contributed by atoms with Crippen LogP contribution in [0.5, 0.6) is 0 Å². The molecule has 1 unspecified atom stereocenters. The second-order valence-electron chi connectivity index (χ2n) is 5.40. The monoisotopic (exact) mass is 255 g/mol. The minimum absolute atomic E-state index is 0.0154. The zero-order chi connectivity index (χ0) is 12.9. The molecule has 1 heterocycles. The van der Waals surface area contributed by atoms with E-state index < -0.39 is 0 Å². The predicted molar refractivity (Wildman–Crippen MR) is 75.3 cm³/mol. The predicted octanol–water partition coefficient (Wildman–Crippen LogP) is 3.37. The van der Waals surface area contributed by atoms with E-state index in [1.54, 1.807) is 11.3 Å². The van der Waals surface area contributed by atoms with Crippen LogP contribution in [-0.2, 0) is 6.54 Å². The van der Waals surface area contributed by atoms with Crippen molar-refractivity contribution < 1.29 is 5.11 Å². The average molecular weight is 255 g/mol. The van der Waals surface area contributed by atoms with Crippen LogP contribution >= 0.6 is 11.3 Å². The van der Waals surface area contributed by atoms with E-state index in [4.69, 9.17) is 0 Å². The fraction of sp³-hybridized carbons (Fsp3) is 0.714. The van der Waals surface area contributed by atoms with Gasteiger partial charge in [0.2, 0.25) is 0 Å². The van der Waals surface area contributed by atoms with E-state index in [0.717, 1.165) is 19.5 Å². The summed E-state index contributed by atoms with van der Waals surface area (Å²) < 4.78 is 0. The van der Waals surface area contributed by atoms with Crippen LogP contribution in [-0.4, -0.2) is 29.2 Å². The maximum absolute atomic E-state index is 9.52. The number of thiophene rings is 1. The van der Waals surface area contributed by atoms with Gasteiger partial charge in [-0.05, 0) is 31.7 Å². The molecule has 0 radical (unpaired) electrons. The van der Waals surface area contributed by atoms with E-state index in [-0.39, 0.29) is 12.0 Å². The van der Waals surface area contributed by atoms with Crippen molar-refractivity contribution >= 4 is 11.3 Å². The molecule has 1 atom stereocenters. The third kappa shape index (κ3) is 4.41. The fourth-order valence-corrected chi connectivity index (χ4v) is 2.52. The fourth-order valence-electron chi connectivity index (χ4n) is 1.79. The Kier molecular flexibility index (Phi) is 5.63. The Morgan fingerprint density at radius 1 is 1.47 bits per heavy atom. The molecule has 98 valence electrons. The molecule has 0 spiro atoms. The quantitative estimate of drug-likeness (QED) is 0.807. The molecule has 1 rings (SSSR count). The standard InChI is InChI=1S/C14H25NOS/c1-5-14(4,11-16)10-15(12(2)3)9-13-7-6-8-17-13/h6-8,12,16H,5,9-11H2,1-4H3. The van der Waals surface area contributed by atoms with Crippen molar-refractivity contribution in [1.82, 2.24) is 4.90 Å². The molecule has 1 aromatic heterocycles. The van der Waals surface area contributed by atoms with Crippen LogP contribution in [0.1, 0.15) is 39.0 Å². The average Bonchev–Trinajstić information content (AvgIpc) is 2.80. The van der Waals surface area contributed by atoms with Gasteiger partial charge in [-0.1, -0.05) is 19.9 Å². The van der Waals surface area contributed by atoms with Crippen molar-refractivity contribution in [2.75, 3.05) is 13.2 Å². The molecule has 1 aromatic rings. The Hall–Kier alpha value is -0.380. The third-order valence-corrected chi connectivity index (χ3v) is 4.35. The summed E-state index contributed by atoms with van der Waals surface area (Å²) in [5.41, 5.74) is 0.0154. The lowest BCUT2D eigenvalue weighted by Gasteiger charge is -2.35. The Balaban J connectivity index is 2.66. The van der Waals surface area contributed by atoms with Crippen LogP contribution in [0.15, 0.2) is 17.5 Å². The second kappa shape index (κ2) is 6.53. The Bertz CT molecular complexity index is 304. The highest BCUT2D eigenvalue weighted by Crippen LogP contribution is 2.24. The third-order valence-electron chi connectivity index (χ3n) is 3.49. The van der Waals surface area contributed by atoms with Crippen molar-refractivity contribution in [3.8, 4) is 0 Å². The van der Waals surface area contributed by atoms with Gasteiger partial charge in [0, 0.05) is 36.0 Å². The first-order valence-corrected chi connectivity index (χ1v) is 7.26. The van der Waals surface area contributed by atoms with Gasteiger partial charge >= 0.3 is 0 Å². The molecule has 0 aliphatic heterocycles. The summed E-state index contributed by atoms with van der Waals surface area (Å²) in [4.78, 5) is 3.85. The van der Waals surface area contributed by atoms with Crippen LogP contribution in [0.3, 0.4) is 0 Å². The molecule has 0 aromatic carbocycles. The van der Waals surface area contributed by atoms with Gasteiger partial charge in [-0.25, -0.2) is 0 Å². The molecule has 0 amide bonds. The molecule has 2 nitrogen and oxygen atoms in total. The van der Waals surface area contributed by atoms with Crippen molar-refractivity contribution in [2.24, 2.45) is 5.41 Å². The minimum Gasteiger partial charge on any atom is -0.396 e. The summed E-state index contributed by atoms with van der Waals surface area (Å²) in [5.74, 6) is 0. The molecule has 0 aliphatic carbocycles. The van der Waals surface area contributed by atoms with E-state index in [9.17, 15) is 5.11 Å². The largest absolute Gasteiger partial charge is 0.396 e. The number of aliphatic hydroxyl groups excluding tert-OH is 1. The highest BCUT2D eigenvalue weighted by atomic mass is 32.1. The van der Waals surface area contributed by atoms with Crippen LogP contribution in [0.2, 0.25) is 0 Å². The minimum atomic E-state index is 0.0154. The summed E-state index contributed by atoms with van der Waals surface area (Å²) in [6.45, 7) is 11.0. The SMILES string of the molecule is CCC(C)(CO)CN(Cc1cccs1)C(C)C. The molecule has 3 heteroatoms. The molecule has 0 fully saturated rings. The lowest BCUT2D eigenvalue weighted by molar-refractivity contribution is 0.0667. The van der Waals surface area contributed by atoms with Gasteiger partial charge in [0.25, 0.3) is 0 Å². The first-order chi connectivity index (χ1) is 8.00. The summed E-state index contributed by atoms with van der Waals surface area (Å²) in [5, 5.41) is 11.6. The van der Waals surface area contributed by atoms with Gasteiger partial charge in [-0.2, -0.15) is 0 Å². The van der Waals surface area contributed by atoms with E-state index in [1.807, 2.05) is 0 Å². The summed E-state index contributed by atoms with van der Waals surface area (Å²) >= 11 is 1.81. The van der Waals surface area contributed by atoms with Crippen molar-refractivity contribution in [2.45, 2.75) is 46.7 Å². The molecule has 0 saturated carbocycles. The number of hydrogen-bond acceptors (Lipinski definition) is 3. The summed E-state index contributed by atoms with van der Waals surface area (Å²) in [6, 6.07) is 4.79. The zero-order valence-electron chi connectivity index (χ0n) is 11.4. The van der Waals surface area contributed by atoms with Crippen molar-refractivity contribution in [3.05, 3.63) is 22.4 Å². The summed E-state index contributed by atoms with van der Waals surface area (Å²) in [7, 11) is 0. The van der Waals surface area contributed by atoms with Gasteiger partial charge in [0.05, 0.1) is 0 Å². The first kappa shape index (κ1) is 14.7. The molecule has 17 heavy (non-hydrogen) atoms. The maximum atomic E-state index is 9.52. The van der Waals surface area contributed by atoms with Gasteiger partial charge in [0.1, 0.15) is 0 Å². The molecule has 1 N–H and O–H groups in total. The zero-order valence-corrected chi connectivity index (χ0v) is 12.3. The van der Waals surface area contributed by atoms with E-state index in [1.165, 1.54) is 4.88 Å². The summed E-state index contributed by atoms with van der Waals surface area (Å²) in [6.07, 6.45) is 1.01. The van der Waals surface area contributed by atoms with E-state index >= 15 is 0 Å². The van der Waals surface area contributed by atoms with Gasteiger partial charge in [0.15, 0.2) is 0 Å². The normalized spacial score (nSPS) is 15.5. The van der Waals surface area contributed by atoms with E-state index in [0.29, 0.717) is 6.04 Å². The van der Waals surface area contributed by atoms with Gasteiger partial charge in [-0.15, -0.1) is 11.3 Å². The Labute approximate surface area is 109 Å². The number of nitrogens with zero attached hydrogens (tertiary/aromatic N) is 1. The van der Waals surface area contributed by atoms with Crippen molar-refractivity contribution in [1.29, 1.82) is 0 Å². The van der Waals surface area contributed by atoms with Crippen LogP contribution in [0.4, 0.5) is 0 Å². The lowest BCUT2D eigenvalue weighted by Crippen LogP contribution is -2.41. The number of rotatable bonds is 7. The second-order valence-corrected chi connectivity index (χ2v) is 6.43. The maximum Gasteiger partial charge on any atom is 0.0496 e. The highest BCUT2D eigenvalue weighted by molar-refractivity contribution is 7.09. The van der Waals surface area contributed by atoms with E-state index in [2.05, 4.69) is 50.1 Å². The highest BCUT2D eigenvalue weighted by Gasteiger charge is 2.25. The smallest absolute Gasteiger partial charge is 0.0496 e. The van der Waals surface area contributed by atoms with Gasteiger partial charge in [-0.3, -0.25) is 4.90 Å².